The number of rotatable bonds is 8. The highest BCUT2D eigenvalue weighted by atomic mass is 32.2. The number of hydrogen-bond donors (Lipinski definition) is 2. The smallest absolute Gasteiger partial charge is 0.325 e. The van der Waals surface area contributed by atoms with E-state index in [1.54, 1.807) is 13.0 Å². The molecule has 1 aliphatic heterocycles. The monoisotopic (exact) mass is 494 g/mol. The Labute approximate surface area is 196 Å². The summed E-state index contributed by atoms with van der Waals surface area (Å²) < 4.78 is 42.2. The third kappa shape index (κ3) is 5.61. The molecule has 1 aromatic carbocycles. The summed E-state index contributed by atoms with van der Waals surface area (Å²) in [4.78, 5) is 32.8. The molecule has 0 saturated carbocycles. The van der Waals surface area contributed by atoms with Gasteiger partial charge >= 0.3 is 5.97 Å². The normalized spacial score (nSPS) is 18.4. The Bertz CT molecular complexity index is 1170. The van der Waals surface area contributed by atoms with E-state index in [2.05, 4.69) is 15.3 Å². The summed E-state index contributed by atoms with van der Waals surface area (Å²) in [5.74, 6) is -1.56. The van der Waals surface area contributed by atoms with E-state index < -0.39 is 40.7 Å². The summed E-state index contributed by atoms with van der Waals surface area (Å²) >= 11 is 0. The summed E-state index contributed by atoms with van der Waals surface area (Å²) in [7, 11) is -1.33. The van der Waals surface area contributed by atoms with E-state index in [0.29, 0.717) is 0 Å². The number of aliphatic hydroxyl groups is 1. The fraction of sp³-hybridized carbons (Fsp3) is 0.429. The van der Waals surface area contributed by atoms with Gasteiger partial charge < -0.3 is 19.3 Å². The number of amides is 1. The summed E-state index contributed by atoms with van der Waals surface area (Å²) in [5.41, 5.74) is 1.69. The molecule has 0 bridgehead atoms. The van der Waals surface area contributed by atoms with Crippen LogP contribution in [0.4, 0.5) is 5.95 Å². The Hall–Kier alpha value is -3.29. The average Bonchev–Trinajstić information content (AvgIpc) is 3.21. The van der Waals surface area contributed by atoms with Crippen LogP contribution in [0.25, 0.3) is 0 Å². The molecular formula is C21H26N4O8S. The second-order valence-electron chi connectivity index (χ2n) is 7.66. The largest absolute Gasteiger partial charge is 0.481 e. The molecule has 2 atom stereocenters. The van der Waals surface area contributed by atoms with Crippen molar-refractivity contribution >= 4 is 27.8 Å². The first-order valence-electron chi connectivity index (χ1n) is 10.3. The zero-order valence-corrected chi connectivity index (χ0v) is 20.0. The molecule has 3 rings (SSSR count). The number of aromatic nitrogens is 2. The van der Waals surface area contributed by atoms with Gasteiger partial charge in [0.2, 0.25) is 27.7 Å². The second-order valence-corrected chi connectivity index (χ2v) is 9.55. The van der Waals surface area contributed by atoms with Crippen molar-refractivity contribution in [2.75, 3.05) is 32.7 Å². The summed E-state index contributed by atoms with van der Waals surface area (Å²) in [6, 6.07) is 4.75. The number of aliphatic hydroxyl groups excluding tert-OH is 1. The van der Waals surface area contributed by atoms with E-state index >= 15 is 0 Å². The van der Waals surface area contributed by atoms with Crippen LogP contribution in [0.15, 0.2) is 29.2 Å². The number of aryl methyl sites for hydroxylation is 2. The molecule has 1 amide bonds. The Morgan fingerprint density at radius 3 is 2.35 bits per heavy atom. The fourth-order valence-corrected chi connectivity index (χ4v) is 5.05. The first-order valence-corrected chi connectivity index (χ1v) is 11.7. The Kier molecular flexibility index (Phi) is 7.69. The van der Waals surface area contributed by atoms with Gasteiger partial charge in [0.1, 0.15) is 6.04 Å². The highest BCUT2D eigenvalue weighted by molar-refractivity contribution is 7.89. The molecule has 0 aliphatic carbocycles. The van der Waals surface area contributed by atoms with Crippen LogP contribution in [-0.4, -0.2) is 79.2 Å². The van der Waals surface area contributed by atoms with Gasteiger partial charge in [-0.25, -0.2) is 8.42 Å². The lowest BCUT2D eigenvalue weighted by Gasteiger charge is -2.22. The second kappa shape index (κ2) is 10.3. The number of sulfonamides is 1. The number of esters is 1. The summed E-state index contributed by atoms with van der Waals surface area (Å²) in [6.07, 6.45) is -1.20. The molecule has 34 heavy (non-hydrogen) atoms. The average molecular weight is 495 g/mol. The minimum absolute atomic E-state index is 0.00404. The SMILES string of the molecule is COc1cc(OC)nc(NC(=O)COC(=O)[C@H]2C[C@H](O)CN2S(=O)(=O)c2ccc(C)c(C)c2)n1. The first kappa shape index (κ1) is 25.3. The molecule has 13 heteroatoms. The molecule has 12 nitrogen and oxygen atoms in total. The van der Waals surface area contributed by atoms with Gasteiger partial charge in [0.15, 0.2) is 6.61 Å². The predicted octanol–water partition coefficient (Wildman–Crippen LogP) is 0.416. The van der Waals surface area contributed by atoms with Crippen molar-refractivity contribution in [1.82, 2.24) is 14.3 Å². The highest BCUT2D eigenvalue weighted by Gasteiger charge is 2.44. The zero-order chi connectivity index (χ0) is 25.0. The van der Waals surface area contributed by atoms with Gasteiger partial charge in [-0.2, -0.15) is 14.3 Å². The Morgan fingerprint density at radius 1 is 1.12 bits per heavy atom. The minimum atomic E-state index is -4.08. The molecule has 1 aliphatic rings. The van der Waals surface area contributed by atoms with Crippen LogP contribution >= 0.6 is 0 Å². The molecule has 1 saturated heterocycles. The fourth-order valence-electron chi connectivity index (χ4n) is 3.34. The first-order chi connectivity index (χ1) is 16.0. The lowest BCUT2D eigenvalue weighted by atomic mass is 10.1. The number of carbonyl (C=O) groups excluding carboxylic acids is 2. The van der Waals surface area contributed by atoms with E-state index in [1.807, 2.05) is 6.92 Å². The molecule has 1 aromatic heterocycles. The van der Waals surface area contributed by atoms with Crippen LogP contribution in [-0.2, 0) is 24.3 Å². The van der Waals surface area contributed by atoms with Gasteiger partial charge in [-0.1, -0.05) is 6.07 Å². The van der Waals surface area contributed by atoms with Crippen LogP contribution in [0, 0.1) is 13.8 Å². The standard InChI is InChI=1S/C21H26N4O8S/c1-12-5-6-15(7-13(12)2)34(29,30)25-10-14(26)8-16(25)20(28)33-11-17(27)22-21-23-18(31-3)9-19(24-21)32-4/h5-7,9,14,16,26H,8,10-11H2,1-4H3,(H,22,23,24,27)/t14-,16+/m0/s1. The van der Waals surface area contributed by atoms with Crippen molar-refractivity contribution in [2.24, 2.45) is 0 Å². The maximum Gasteiger partial charge on any atom is 0.325 e. The maximum absolute atomic E-state index is 13.1. The van der Waals surface area contributed by atoms with Crippen molar-refractivity contribution in [3.63, 3.8) is 0 Å². The Balaban J connectivity index is 1.68. The molecule has 2 aromatic rings. The summed E-state index contributed by atoms with van der Waals surface area (Å²) in [6.45, 7) is 2.65. The molecule has 1 fully saturated rings. The topological polar surface area (TPSA) is 157 Å². The van der Waals surface area contributed by atoms with E-state index in [-0.39, 0.29) is 35.6 Å². The number of benzene rings is 1. The highest BCUT2D eigenvalue weighted by Crippen LogP contribution is 2.28. The van der Waals surface area contributed by atoms with E-state index in [9.17, 15) is 23.1 Å². The number of carbonyl (C=O) groups is 2. The van der Waals surface area contributed by atoms with Gasteiger partial charge in [0, 0.05) is 13.0 Å². The molecule has 2 heterocycles. The summed E-state index contributed by atoms with van der Waals surface area (Å²) in [5, 5.41) is 12.4. The molecule has 0 radical (unpaired) electrons. The van der Waals surface area contributed by atoms with E-state index in [1.165, 1.54) is 32.4 Å². The van der Waals surface area contributed by atoms with Crippen LogP contribution < -0.4 is 14.8 Å². The van der Waals surface area contributed by atoms with Crippen molar-refractivity contribution in [2.45, 2.75) is 37.3 Å². The zero-order valence-electron chi connectivity index (χ0n) is 19.1. The number of anilines is 1. The van der Waals surface area contributed by atoms with Crippen LogP contribution in [0.3, 0.4) is 0 Å². The number of methoxy groups -OCH3 is 2. The van der Waals surface area contributed by atoms with Crippen LogP contribution in [0.2, 0.25) is 0 Å². The molecule has 184 valence electrons. The lowest BCUT2D eigenvalue weighted by molar-refractivity contribution is -0.150. The third-order valence-corrected chi connectivity index (χ3v) is 7.16. The van der Waals surface area contributed by atoms with Gasteiger partial charge in [-0.15, -0.1) is 0 Å². The quantitative estimate of drug-likeness (QED) is 0.493. The minimum Gasteiger partial charge on any atom is -0.481 e. The van der Waals surface area contributed by atoms with E-state index in [0.717, 1.165) is 15.4 Å². The van der Waals surface area contributed by atoms with Gasteiger partial charge in [0.05, 0.1) is 31.3 Å². The van der Waals surface area contributed by atoms with Crippen molar-refractivity contribution in [1.29, 1.82) is 0 Å². The van der Waals surface area contributed by atoms with Gasteiger partial charge in [-0.3, -0.25) is 14.9 Å². The predicted molar refractivity (Wildman–Crippen MR) is 119 cm³/mol. The number of nitrogens with one attached hydrogen (secondary N) is 1. The van der Waals surface area contributed by atoms with Gasteiger partial charge in [-0.05, 0) is 37.1 Å². The maximum atomic E-state index is 13.1. The van der Waals surface area contributed by atoms with Gasteiger partial charge in [0.25, 0.3) is 5.91 Å². The molecular weight excluding hydrogens is 468 g/mol. The van der Waals surface area contributed by atoms with Crippen LogP contribution in [0.5, 0.6) is 11.8 Å². The number of nitrogens with zero attached hydrogens (tertiary/aromatic N) is 3. The van der Waals surface area contributed by atoms with E-state index in [4.69, 9.17) is 14.2 Å². The van der Waals surface area contributed by atoms with Crippen LogP contribution in [0.1, 0.15) is 17.5 Å². The third-order valence-electron chi connectivity index (χ3n) is 5.28. The lowest BCUT2D eigenvalue weighted by Crippen LogP contribution is -2.42. The number of hydrogen-bond acceptors (Lipinski definition) is 10. The molecule has 2 N–H and O–H groups in total. The van der Waals surface area contributed by atoms with Crippen molar-refractivity contribution in [3.8, 4) is 11.8 Å². The Morgan fingerprint density at radius 2 is 1.76 bits per heavy atom. The number of ether oxygens (including phenoxy) is 3. The van der Waals surface area contributed by atoms with Crippen molar-refractivity contribution in [3.05, 3.63) is 35.4 Å². The number of β-amino-alcohol motifs (C(OH)–C–C–N with tert-alkyl or cyclic N) is 1. The molecule has 0 unspecified atom stereocenters. The molecule has 0 spiro atoms. The van der Waals surface area contributed by atoms with Crippen molar-refractivity contribution < 1.29 is 37.3 Å².